The van der Waals surface area contributed by atoms with E-state index in [-0.39, 0.29) is 24.3 Å². The molecular formula is C26H26F3N3O6. The molecule has 0 radical (unpaired) electrons. The number of aromatic hydroxyl groups is 1. The van der Waals surface area contributed by atoms with Crippen LogP contribution in [0.3, 0.4) is 0 Å². The van der Waals surface area contributed by atoms with Gasteiger partial charge in [-0.15, -0.1) is 13.2 Å². The number of amides is 2. The fraction of sp³-hybridized carbons (Fsp3) is 0.269. The lowest BCUT2D eigenvalue weighted by Gasteiger charge is -2.20. The second-order valence-electron chi connectivity index (χ2n) is 8.28. The predicted molar refractivity (Wildman–Crippen MR) is 133 cm³/mol. The predicted octanol–water partition coefficient (Wildman–Crippen LogP) is 4.78. The zero-order valence-corrected chi connectivity index (χ0v) is 20.8. The minimum Gasteiger partial charge on any atom is -0.505 e. The lowest BCUT2D eigenvalue weighted by molar-refractivity contribution is -0.274. The zero-order chi connectivity index (χ0) is 28.0. The molecule has 2 amide bonds. The van der Waals surface area contributed by atoms with Crippen LogP contribution in [0.4, 0.5) is 23.7 Å². The number of anilines is 1. The highest BCUT2D eigenvalue weighted by atomic mass is 19.4. The summed E-state index contributed by atoms with van der Waals surface area (Å²) in [5.74, 6) is -1.47. The van der Waals surface area contributed by atoms with Gasteiger partial charge in [0.25, 0.3) is 5.56 Å². The first-order valence-corrected chi connectivity index (χ1v) is 11.5. The molecule has 1 aromatic heterocycles. The van der Waals surface area contributed by atoms with Crippen molar-refractivity contribution in [1.29, 1.82) is 0 Å². The van der Waals surface area contributed by atoms with Crippen molar-refractivity contribution < 1.29 is 37.3 Å². The number of hydrogen-bond acceptors (Lipinski definition) is 6. The van der Waals surface area contributed by atoms with E-state index in [9.17, 15) is 32.7 Å². The average molecular weight is 534 g/mol. The molecule has 0 fully saturated rings. The number of rotatable bonds is 8. The second kappa shape index (κ2) is 11.7. The van der Waals surface area contributed by atoms with Gasteiger partial charge in [0.05, 0.1) is 19.1 Å². The van der Waals surface area contributed by atoms with E-state index in [0.29, 0.717) is 16.7 Å². The van der Waals surface area contributed by atoms with Gasteiger partial charge >= 0.3 is 18.4 Å². The lowest BCUT2D eigenvalue weighted by Crippen LogP contribution is -2.36. The molecule has 3 rings (SSSR count). The second-order valence-corrected chi connectivity index (χ2v) is 8.28. The molecule has 3 aromatic rings. The fourth-order valence-corrected chi connectivity index (χ4v) is 3.79. The van der Waals surface area contributed by atoms with E-state index in [1.165, 1.54) is 42.1 Å². The quantitative estimate of drug-likeness (QED) is 0.359. The molecule has 1 heterocycles. The number of benzene rings is 2. The largest absolute Gasteiger partial charge is 0.573 e. The summed E-state index contributed by atoms with van der Waals surface area (Å²) in [5.41, 5.74) is 0.176. The van der Waals surface area contributed by atoms with Crippen LogP contribution in [0.2, 0.25) is 0 Å². The molecule has 0 aliphatic rings. The number of carbonyl (C=O) groups is 2. The van der Waals surface area contributed by atoms with Gasteiger partial charge in [-0.2, -0.15) is 0 Å². The number of alkyl halides is 3. The Hall–Kier alpha value is -4.48. The summed E-state index contributed by atoms with van der Waals surface area (Å²) >= 11 is 0. The highest BCUT2D eigenvalue weighted by Crippen LogP contribution is 2.35. The molecule has 0 saturated heterocycles. The Labute approximate surface area is 215 Å². The van der Waals surface area contributed by atoms with Crippen LogP contribution in [0.15, 0.2) is 59.5 Å². The van der Waals surface area contributed by atoms with Gasteiger partial charge in [-0.25, -0.2) is 4.79 Å². The molecule has 202 valence electrons. The van der Waals surface area contributed by atoms with E-state index in [1.54, 1.807) is 38.1 Å². The first-order valence-electron chi connectivity index (χ1n) is 11.5. The van der Waals surface area contributed by atoms with Crippen LogP contribution >= 0.6 is 0 Å². The number of ether oxygens (including phenoxy) is 2. The van der Waals surface area contributed by atoms with Crippen molar-refractivity contribution in [1.82, 2.24) is 9.88 Å². The number of hydrogen-bond donors (Lipinski definition) is 3. The Kier molecular flexibility index (Phi) is 8.66. The van der Waals surface area contributed by atoms with E-state index >= 15 is 0 Å². The molecule has 9 nitrogen and oxygen atoms in total. The number of nitrogens with one attached hydrogen (secondary N) is 2. The SMILES string of the molecule is CCOC(=O)C[C@H](NC(=O)Nc1c(O)c(C)cn(C)c1=O)c1cccc(-c2ccccc2OC(F)(F)F)c1. The van der Waals surface area contributed by atoms with E-state index in [4.69, 9.17) is 4.74 Å². The molecule has 12 heteroatoms. The topological polar surface area (TPSA) is 119 Å². The minimum absolute atomic E-state index is 0.0904. The Morgan fingerprint density at radius 1 is 1.13 bits per heavy atom. The Morgan fingerprint density at radius 3 is 2.53 bits per heavy atom. The number of halogens is 3. The summed E-state index contributed by atoms with van der Waals surface area (Å²) < 4.78 is 49.1. The molecule has 1 atom stereocenters. The van der Waals surface area contributed by atoms with Gasteiger partial charge in [-0.05, 0) is 37.1 Å². The highest BCUT2D eigenvalue weighted by Gasteiger charge is 2.32. The van der Waals surface area contributed by atoms with Crippen LogP contribution < -0.4 is 20.9 Å². The molecule has 0 aliphatic carbocycles. The van der Waals surface area contributed by atoms with E-state index in [1.807, 2.05) is 0 Å². The van der Waals surface area contributed by atoms with E-state index in [2.05, 4.69) is 15.4 Å². The number of nitrogens with zero attached hydrogens (tertiary/aromatic N) is 1. The summed E-state index contributed by atoms with van der Waals surface area (Å²) in [6.07, 6.45) is -3.82. The maximum absolute atomic E-state index is 12.9. The Morgan fingerprint density at radius 2 is 1.84 bits per heavy atom. The summed E-state index contributed by atoms with van der Waals surface area (Å²) in [4.78, 5) is 37.6. The Bertz CT molecular complexity index is 1390. The van der Waals surface area contributed by atoms with Crippen molar-refractivity contribution in [3.63, 3.8) is 0 Å². The van der Waals surface area contributed by atoms with Gasteiger partial charge < -0.3 is 29.8 Å². The molecule has 38 heavy (non-hydrogen) atoms. The van der Waals surface area contributed by atoms with Gasteiger partial charge in [-0.3, -0.25) is 9.59 Å². The third-order valence-electron chi connectivity index (χ3n) is 5.46. The number of esters is 1. The third-order valence-corrected chi connectivity index (χ3v) is 5.46. The van der Waals surface area contributed by atoms with E-state index < -0.39 is 41.5 Å². The number of carbonyl (C=O) groups excluding carboxylic acids is 2. The van der Waals surface area contributed by atoms with Gasteiger partial charge in [0.1, 0.15) is 11.5 Å². The van der Waals surface area contributed by atoms with Crippen molar-refractivity contribution in [2.75, 3.05) is 11.9 Å². The maximum Gasteiger partial charge on any atom is 0.573 e. The van der Waals surface area contributed by atoms with Crippen LogP contribution in [-0.2, 0) is 16.6 Å². The van der Waals surface area contributed by atoms with Crippen LogP contribution in [0.25, 0.3) is 11.1 Å². The first-order chi connectivity index (χ1) is 17.9. The Balaban J connectivity index is 1.95. The molecule has 2 aromatic carbocycles. The van der Waals surface area contributed by atoms with Gasteiger partial charge in [0.2, 0.25) is 0 Å². The first kappa shape index (κ1) is 28.1. The molecule has 0 unspecified atom stereocenters. The smallest absolute Gasteiger partial charge is 0.505 e. The van der Waals surface area contributed by atoms with Crippen LogP contribution in [0.1, 0.15) is 30.5 Å². The maximum atomic E-state index is 12.9. The van der Waals surface area contributed by atoms with Crippen molar-refractivity contribution in [2.45, 2.75) is 32.7 Å². The number of aryl methyl sites for hydroxylation is 2. The summed E-state index contributed by atoms with van der Waals surface area (Å²) in [6.45, 7) is 3.25. The summed E-state index contributed by atoms with van der Waals surface area (Å²) in [5, 5.41) is 15.2. The highest BCUT2D eigenvalue weighted by molar-refractivity contribution is 5.91. The average Bonchev–Trinajstić information content (AvgIpc) is 2.84. The van der Waals surface area contributed by atoms with Crippen molar-refractivity contribution in [3.05, 3.63) is 76.2 Å². The molecule has 0 saturated carbocycles. The van der Waals surface area contributed by atoms with Crippen LogP contribution in [0, 0.1) is 6.92 Å². The zero-order valence-electron chi connectivity index (χ0n) is 20.8. The van der Waals surface area contributed by atoms with Crippen molar-refractivity contribution in [2.24, 2.45) is 7.05 Å². The van der Waals surface area contributed by atoms with E-state index in [0.717, 1.165) is 0 Å². The van der Waals surface area contributed by atoms with Crippen molar-refractivity contribution in [3.8, 4) is 22.6 Å². The molecule has 0 bridgehead atoms. The fourth-order valence-electron chi connectivity index (χ4n) is 3.79. The lowest BCUT2D eigenvalue weighted by atomic mass is 9.97. The third kappa shape index (κ3) is 7.05. The minimum atomic E-state index is -4.90. The normalized spacial score (nSPS) is 11.9. The monoisotopic (exact) mass is 533 g/mol. The molecular weight excluding hydrogens is 507 g/mol. The standard InChI is InChI=1S/C26H26F3N3O6/c1-4-37-21(33)13-19(30-25(36)31-22-23(34)15(2)14-32(3)24(22)35)17-9-7-8-16(12-17)18-10-5-6-11-20(18)38-26(27,28)29/h5-12,14,19,34H,4,13H2,1-3H3,(H2,30,31,36)/t19-/m0/s1. The molecule has 0 aliphatic heterocycles. The van der Waals surface area contributed by atoms with Gasteiger partial charge in [-0.1, -0.05) is 36.4 Å². The number of pyridine rings is 1. The number of aromatic nitrogens is 1. The summed E-state index contributed by atoms with van der Waals surface area (Å²) in [6, 6.07) is 9.84. The van der Waals surface area contributed by atoms with Crippen molar-refractivity contribution >= 4 is 17.7 Å². The van der Waals surface area contributed by atoms with Gasteiger partial charge in [0.15, 0.2) is 5.69 Å². The van der Waals surface area contributed by atoms with Crippen LogP contribution in [-0.4, -0.2) is 34.6 Å². The number of para-hydroxylation sites is 1. The number of urea groups is 1. The summed E-state index contributed by atoms with van der Waals surface area (Å²) in [7, 11) is 1.45. The van der Waals surface area contributed by atoms with Crippen LogP contribution in [0.5, 0.6) is 11.5 Å². The molecule has 0 spiro atoms. The molecule has 3 N–H and O–H groups in total. The van der Waals surface area contributed by atoms with Gasteiger partial charge in [0, 0.05) is 24.4 Å².